The topological polar surface area (TPSA) is 97.7 Å². The number of carbonyl (C=O) groups is 1. The highest BCUT2D eigenvalue weighted by molar-refractivity contribution is 5.85. The number of carboxylic acid groups (broad SMARTS) is 1. The minimum Gasteiger partial charge on any atom is -0.480 e. The second-order valence-electron chi connectivity index (χ2n) is 6.28. The average molecular weight is 306 g/mol. The van der Waals surface area contributed by atoms with Crippen LogP contribution in [0, 0.1) is 0 Å². The van der Waals surface area contributed by atoms with Crippen molar-refractivity contribution in [2.45, 2.75) is 45.2 Å². The second-order valence-corrected chi connectivity index (χ2v) is 6.28. The number of para-hydroxylation sites is 1. The molecule has 0 saturated heterocycles. The van der Waals surface area contributed by atoms with E-state index in [0.29, 0.717) is 0 Å². The van der Waals surface area contributed by atoms with Crippen LogP contribution in [0.25, 0.3) is 10.9 Å². The number of fused-ring (bicyclic) bond motifs is 1. The van der Waals surface area contributed by atoms with Gasteiger partial charge in [-0.2, -0.15) is 0 Å². The maximum Gasteiger partial charge on any atom is 0.320 e. The molecule has 1 heterocycles. The summed E-state index contributed by atoms with van der Waals surface area (Å²) in [5.41, 5.74) is 6.65. The molecule has 22 heavy (non-hydrogen) atoms. The van der Waals surface area contributed by atoms with Crippen LogP contribution in [0.2, 0.25) is 0 Å². The van der Waals surface area contributed by atoms with E-state index in [1.165, 1.54) is 0 Å². The molecule has 2 aromatic rings. The van der Waals surface area contributed by atoms with E-state index in [1.54, 1.807) is 10.8 Å². The highest BCUT2D eigenvalue weighted by Gasteiger charge is 2.22. The van der Waals surface area contributed by atoms with Crippen molar-refractivity contribution in [3.8, 4) is 0 Å². The van der Waals surface area contributed by atoms with Gasteiger partial charge in [-0.1, -0.05) is 18.2 Å². The molecule has 4 N–H and O–H groups in total. The first-order valence-electron chi connectivity index (χ1n) is 7.12. The van der Waals surface area contributed by atoms with Gasteiger partial charge in [-0.3, -0.25) is 9.36 Å². The molecule has 0 radical (unpaired) electrons. The Labute approximate surface area is 129 Å². The molecular formula is C16H22N2O4. The summed E-state index contributed by atoms with van der Waals surface area (Å²) in [7, 11) is 0. The van der Waals surface area contributed by atoms with Crippen molar-refractivity contribution in [1.82, 2.24) is 4.57 Å². The smallest absolute Gasteiger partial charge is 0.320 e. The Balaban J connectivity index is 2.41. The summed E-state index contributed by atoms with van der Waals surface area (Å²) in [6.07, 6.45) is 0.731. The number of hydrogen-bond donors (Lipinski definition) is 3. The van der Waals surface area contributed by atoms with Gasteiger partial charge in [-0.05, 0) is 32.4 Å². The molecule has 6 nitrogen and oxygen atoms in total. The summed E-state index contributed by atoms with van der Waals surface area (Å²) < 4.78 is 7.16. The third-order valence-electron chi connectivity index (χ3n) is 3.28. The van der Waals surface area contributed by atoms with E-state index in [9.17, 15) is 9.90 Å². The molecule has 120 valence electrons. The fraction of sp³-hybridized carbons (Fsp3) is 0.438. The van der Waals surface area contributed by atoms with Gasteiger partial charge in [0.25, 0.3) is 0 Å². The number of carboxylic acids is 1. The van der Waals surface area contributed by atoms with Gasteiger partial charge in [0, 0.05) is 18.0 Å². The fourth-order valence-corrected chi connectivity index (χ4v) is 2.32. The van der Waals surface area contributed by atoms with Gasteiger partial charge in [0.05, 0.1) is 11.1 Å². The molecule has 0 aliphatic heterocycles. The van der Waals surface area contributed by atoms with Crippen LogP contribution in [-0.4, -0.2) is 32.4 Å². The van der Waals surface area contributed by atoms with Crippen LogP contribution in [0.4, 0.5) is 0 Å². The minimum atomic E-state index is -1.15. The van der Waals surface area contributed by atoms with Gasteiger partial charge >= 0.3 is 5.97 Å². The van der Waals surface area contributed by atoms with Crippen molar-refractivity contribution in [2.24, 2.45) is 5.73 Å². The van der Waals surface area contributed by atoms with Crippen LogP contribution in [0.15, 0.2) is 30.5 Å². The van der Waals surface area contributed by atoms with Crippen LogP contribution in [0.3, 0.4) is 0 Å². The maximum absolute atomic E-state index is 11.0. The number of aliphatic carboxylic acids is 1. The molecule has 0 amide bonds. The van der Waals surface area contributed by atoms with E-state index in [1.807, 2.05) is 45.0 Å². The number of nitrogens with zero attached hydrogens (tertiary/aromatic N) is 1. The maximum atomic E-state index is 11.0. The Morgan fingerprint density at radius 3 is 2.59 bits per heavy atom. The summed E-state index contributed by atoms with van der Waals surface area (Å²) in [5.74, 6) is -1.05. The molecule has 0 bridgehead atoms. The van der Waals surface area contributed by atoms with Crippen molar-refractivity contribution in [1.29, 1.82) is 0 Å². The molecule has 1 aromatic carbocycles. The zero-order valence-electron chi connectivity index (χ0n) is 13.0. The van der Waals surface area contributed by atoms with Gasteiger partial charge < -0.3 is 20.7 Å². The normalized spacial score (nSPS) is 15.0. The number of ether oxygens (including phenoxy) is 1. The van der Waals surface area contributed by atoms with Crippen molar-refractivity contribution in [3.63, 3.8) is 0 Å². The Morgan fingerprint density at radius 1 is 1.36 bits per heavy atom. The predicted molar refractivity (Wildman–Crippen MR) is 83.3 cm³/mol. The largest absolute Gasteiger partial charge is 0.480 e. The molecule has 1 aromatic heterocycles. The van der Waals surface area contributed by atoms with Crippen LogP contribution >= 0.6 is 0 Å². The van der Waals surface area contributed by atoms with E-state index in [4.69, 9.17) is 15.6 Å². The molecule has 2 atom stereocenters. The molecule has 0 aliphatic rings. The lowest BCUT2D eigenvalue weighted by Gasteiger charge is -2.25. The molecular weight excluding hydrogens is 284 g/mol. The number of aliphatic hydroxyl groups is 1. The minimum absolute atomic E-state index is 0.186. The van der Waals surface area contributed by atoms with Gasteiger partial charge in [0.2, 0.25) is 6.41 Å². The summed E-state index contributed by atoms with van der Waals surface area (Å²) >= 11 is 0. The quantitative estimate of drug-likeness (QED) is 0.732. The molecule has 2 rings (SSSR count). The number of nitrogens with two attached hydrogens (primary N) is 1. The van der Waals surface area contributed by atoms with Crippen LogP contribution in [0.1, 0.15) is 32.7 Å². The lowest BCUT2D eigenvalue weighted by atomic mass is 10.1. The predicted octanol–water partition coefficient (Wildman–Crippen LogP) is 1.86. The Morgan fingerprint density at radius 2 is 2.00 bits per heavy atom. The third kappa shape index (κ3) is 3.65. The second kappa shape index (κ2) is 6.08. The molecule has 0 aliphatic carbocycles. The molecule has 0 spiro atoms. The van der Waals surface area contributed by atoms with Crippen molar-refractivity contribution >= 4 is 16.9 Å². The Hall–Kier alpha value is -1.89. The summed E-state index contributed by atoms with van der Waals surface area (Å²) in [5, 5.41) is 20.1. The molecule has 1 unspecified atom stereocenters. The number of benzene rings is 1. The van der Waals surface area contributed by atoms with Crippen LogP contribution in [-0.2, 0) is 16.0 Å². The van der Waals surface area contributed by atoms with Crippen LogP contribution in [0.5, 0.6) is 0 Å². The van der Waals surface area contributed by atoms with Gasteiger partial charge in [0.1, 0.15) is 6.04 Å². The number of rotatable bonds is 5. The number of aromatic nitrogens is 1. The van der Waals surface area contributed by atoms with E-state index in [2.05, 4.69) is 0 Å². The molecule has 0 fully saturated rings. The zero-order chi connectivity index (χ0) is 16.5. The van der Waals surface area contributed by atoms with Crippen molar-refractivity contribution < 1.29 is 19.7 Å². The van der Waals surface area contributed by atoms with Gasteiger partial charge in [0.15, 0.2) is 0 Å². The Kier molecular flexibility index (Phi) is 4.55. The third-order valence-corrected chi connectivity index (χ3v) is 3.28. The number of hydrogen-bond acceptors (Lipinski definition) is 4. The lowest BCUT2D eigenvalue weighted by molar-refractivity contribution is -0.207. The first kappa shape index (κ1) is 16.5. The van der Waals surface area contributed by atoms with E-state index in [0.717, 1.165) is 16.5 Å². The summed E-state index contributed by atoms with van der Waals surface area (Å²) in [6.45, 7) is 5.55. The highest BCUT2D eigenvalue weighted by atomic mass is 16.6. The molecule has 0 saturated carbocycles. The monoisotopic (exact) mass is 306 g/mol. The molecule has 6 heteroatoms. The fourth-order valence-electron chi connectivity index (χ4n) is 2.32. The lowest BCUT2D eigenvalue weighted by Crippen LogP contribution is -2.32. The number of aliphatic hydroxyl groups excluding tert-OH is 1. The van der Waals surface area contributed by atoms with E-state index >= 15 is 0 Å². The average Bonchev–Trinajstić information content (AvgIpc) is 2.76. The summed E-state index contributed by atoms with van der Waals surface area (Å²) in [4.78, 5) is 11.0. The first-order valence-corrected chi connectivity index (χ1v) is 7.12. The zero-order valence-corrected chi connectivity index (χ0v) is 13.0. The Bertz CT molecular complexity index is 672. The van der Waals surface area contributed by atoms with Crippen molar-refractivity contribution in [3.05, 3.63) is 36.0 Å². The van der Waals surface area contributed by atoms with Crippen molar-refractivity contribution in [2.75, 3.05) is 0 Å². The van der Waals surface area contributed by atoms with Gasteiger partial charge in [-0.25, -0.2) is 0 Å². The first-order chi connectivity index (χ1) is 10.2. The van der Waals surface area contributed by atoms with Crippen LogP contribution < -0.4 is 5.73 Å². The highest BCUT2D eigenvalue weighted by Crippen LogP contribution is 2.27. The SMILES string of the molecule is CC(C)(C)OC(O)n1cc(C[C@H](N)C(=O)O)c2ccccc21. The standard InChI is InChI=1S/C16H22N2O4/c1-16(2,3)22-15(21)18-9-10(8-12(17)14(19)20)11-6-4-5-7-13(11)18/h4-7,9,12,15,21H,8,17H2,1-3H3,(H,19,20)/t12-,15?/m0/s1. The van der Waals surface area contributed by atoms with E-state index in [-0.39, 0.29) is 6.42 Å². The van der Waals surface area contributed by atoms with Gasteiger partial charge in [-0.15, -0.1) is 0 Å². The summed E-state index contributed by atoms with van der Waals surface area (Å²) in [6, 6.07) is 6.45. The van der Waals surface area contributed by atoms with E-state index < -0.39 is 24.0 Å².